The van der Waals surface area contributed by atoms with Crippen LogP contribution in [0.3, 0.4) is 0 Å². The van der Waals surface area contributed by atoms with Gasteiger partial charge < -0.3 is 9.80 Å². The third-order valence-electron chi connectivity index (χ3n) is 4.42. The number of carbonyl (C=O) groups excluding carboxylic acids is 2. The van der Waals surface area contributed by atoms with Crippen LogP contribution in [-0.4, -0.2) is 40.2 Å². The van der Waals surface area contributed by atoms with Gasteiger partial charge in [0, 0.05) is 45.9 Å². The van der Waals surface area contributed by atoms with E-state index in [0.717, 1.165) is 11.1 Å². The Bertz CT molecular complexity index is 689. The summed E-state index contributed by atoms with van der Waals surface area (Å²) >= 11 is 0. The number of hydrogen-bond donors (Lipinski definition) is 0. The van der Waals surface area contributed by atoms with Gasteiger partial charge in [-0.1, -0.05) is 30.3 Å². The van der Waals surface area contributed by atoms with Gasteiger partial charge in [0.25, 0.3) is 0 Å². The van der Waals surface area contributed by atoms with Crippen molar-refractivity contribution in [3.63, 3.8) is 0 Å². The first kappa shape index (κ1) is 18.6. The Balaban J connectivity index is 1.93. The Kier molecular flexibility index (Phi) is 6.69. The maximum atomic E-state index is 12.5. The predicted octanol–water partition coefficient (Wildman–Crippen LogP) is 3.04. The fourth-order valence-corrected chi connectivity index (χ4v) is 2.64. The molecule has 0 aliphatic heterocycles. The van der Waals surface area contributed by atoms with E-state index in [1.165, 1.54) is 6.92 Å². The van der Waals surface area contributed by atoms with Crippen molar-refractivity contribution in [1.82, 2.24) is 14.8 Å². The van der Waals surface area contributed by atoms with Crippen LogP contribution < -0.4 is 0 Å². The van der Waals surface area contributed by atoms with Gasteiger partial charge in [-0.2, -0.15) is 0 Å². The van der Waals surface area contributed by atoms with Crippen LogP contribution in [-0.2, 0) is 16.1 Å². The van der Waals surface area contributed by atoms with Crippen LogP contribution in [0.4, 0.5) is 0 Å². The molecular weight excluding hydrogens is 314 g/mol. The van der Waals surface area contributed by atoms with Crippen LogP contribution in [0.25, 0.3) is 0 Å². The quantitative estimate of drug-likeness (QED) is 0.779. The van der Waals surface area contributed by atoms with E-state index in [9.17, 15) is 9.59 Å². The van der Waals surface area contributed by atoms with E-state index in [1.54, 1.807) is 29.2 Å². The molecule has 0 aliphatic carbocycles. The highest BCUT2D eigenvalue weighted by molar-refractivity contribution is 5.78. The minimum absolute atomic E-state index is 0.0172. The molecular formula is C20H25N3O2. The minimum Gasteiger partial charge on any atom is -0.339 e. The van der Waals surface area contributed by atoms with E-state index >= 15 is 0 Å². The van der Waals surface area contributed by atoms with Crippen molar-refractivity contribution in [2.24, 2.45) is 0 Å². The predicted molar refractivity (Wildman–Crippen MR) is 97.6 cm³/mol. The van der Waals surface area contributed by atoms with E-state index in [2.05, 4.69) is 4.98 Å². The molecule has 1 atom stereocenters. The van der Waals surface area contributed by atoms with Crippen LogP contribution in [0.5, 0.6) is 0 Å². The molecule has 0 spiro atoms. The van der Waals surface area contributed by atoms with Crippen LogP contribution in [0.1, 0.15) is 37.4 Å². The second-order valence-corrected chi connectivity index (χ2v) is 6.14. The normalized spacial score (nSPS) is 11.6. The average Bonchev–Trinajstić information content (AvgIpc) is 2.65. The summed E-state index contributed by atoms with van der Waals surface area (Å²) < 4.78 is 0. The molecule has 5 nitrogen and oxygen atoms in total. The molecule has 1 heterocycles. The molecule has 5 heteroatoms. The topological polar surface area (TPSA) is 53.5 Å². The zero-order valence-electron chi connectivity index (χ0n) is 15.1. The van der Waals surface area contributed by atoms with Crippen LogP contribution in [0.2, 0.25) is 0 Å². The summed E-state index contributed by atoms with van der Waals surface area (Å²) in [6.45, 7) is 4.46. The highest BCUT2D eigenvalue weighted by atomic mass is 16.2. The van der Waals surface area contributed by atoms with Crippen LogP contribution >= 0.6 is 0 Å². The van der Waals surface area contributed by atoms with Gasteiger partial charge in [-0.25, -0.2) is 0 Å². The number of benzene rings is 1. The number of amides is 2. The van der Waals surface area contributed by atoms with Crippen molar-refractivity contribution in [1.29, 1.82) is 0 Å². The van der Waals surface area contributed by atoms with Crippen molar-refractivity contribution >= 4 is 11.8 Å². The Morgan fingerprint density at radius 3 is 2.32 bits per heavy atom. The number of nitrogens with zero attached hydrogens (tertiary/aromatic N) is 3. The molecule has 2 amide bonds. The molecule has 0 unspecified atom stereocenters. The summed E-state index contributed by atoms with van der Waals surface area (Å²) in [7, 11) is 1.79. The van der Waals surface area contributed by atoms with Gasteiger partial charge in [0.2, 0.25) is 11.8 Å². The molecule has 1 aromatic carbocycles. The summed E-state index contributed by atoms with van der Waals surface area (Å²) in [6.07, 6.45) is 3.75. The summed E-state index contributed by atoms with van der Waals surface area (Å²) in [6, 6.07) is 13.6. The number of carbonyl (C=O) groups is 2. The maximum absolute atomic E-state index is 12.5. The summed E-state index contributed by atoms with van der Waals surface area (Å²) in [5.41, 5.74) is 2.10. The number of hydrogen-bond acceptors (Lipinski definition) is 3. The molecule has 0 saturated heterocycles. The van der Waals surface area contributed by atoms with E-state index < -0.39 is 0 Å². The van der Waals surface area contributed by atoms with Gasteiger partial charge in [0.05, 0.1) is 6.04 Å². The van der Waals surface area contributed by atoms with Gasteiger partial charge in [-0.15, -0.1) is 0 Å². The van der Waals surface area contributed by atoms with Gasteiger partial charge in [0.15, 0.2) is 0 Å². The third kappa shape index (κ3) is 5.41. The smallest absolute Gasteiger partial charge is 0.224 e. The lowest BCUT2D eigenvalue weighted by Crippen LogP contribution is -2.35. The van der Waals surface area contributed by atoms with Crippen molar-refractivity contribution < 1.29 is 9.59 Å². The fourth-order valence-electron chi connectivity index (χ4n) is 2.64. The largest absolute Gasteiger partial charge is 0.339 e. The van der Waals surface area contributed by atoms with Crippen molar-refractivity contribution in [3.8, 4) is 0 Å². The molecule has 0 radical (unpaired) electrons. The molecule has 25 heavy (non-hydrogen) atoms. The van der Waals surface area contributed by atoms with Gasteiger partial charge in [0.1, 0.15) is 0 Å². The zero-order chi connectivity index (χ0) is 18.2. The molecule has 0 fully saturated rings. The first-order valence-corrected chi connectivity index (χ1v) is 8.44. The van der Waals surface area contributed by atoms with Crippen LogP contribution in [0, 0.1) is 0 Å². The molecule has 0 bridgehead atoms. The summed E-state index contributed by atoms with van der Waals surface area (Å²) in [5, 5.41) is 0. The van der Waals surface area contributed by atoms with Crippen molar-refractivity contribution in [2.45, 2.75) is 32.9 Å². The summed E-state index contributed by atoms with van der Waals surface area (Å²) in [4.78, 5) is 31.8. The first-order chi connectivity index (χ1) is 12.0. The number of aromatic nitrogens is 1. The Hall–Kier alpha value is -2.69. The molecule has 0 N–H and O–H groups in total. The second-order valence-electron chi connectivity index (χ2n) is 6.14. The molecule has 2 aromatic rings. The summed E-state index contributed by atoms with van der Waals surface area (Å²) in [5.74, 6) is -0.00916. The third-order valence-corrected chi connectivity index (χ3v) is 4.42. The first-order valence-electron chi connectivity index (χ1n) is 8.44. The molecule has 2 rings (SSSR count). The van der Waals surface area contributed by atoms with Gasteiger partial charge in [-0.3, -0.25) is 14.6 Å². The Labute approximate surface area is 149 Å². The highest BCUT2D eigenvalue weighted by Crippen LogP contribution is 2.18. The lowest BCUT2D eigenvalue weighted by molar-refractivity contribution is -0.134. The Morgan fingerprint density at radius 1 is 1.08 bits per heavy atom. The lowest BCUT2D eigenvalue weighted by atomic mass is 10.1. The van der Waals surface area contributed by atoms with Crippen LogP contribution in [0.15, 0.2) is 54.9 Å². The molecule has 132 valence electrons. The van der Waals surface area contributed by atoms with E-state index in [4.69, 9.17) is 0 Å². The molecule has 0 saturated carbocycles. The zero-order valence-corrected chi connectivity index (χ0v) is 15.1. The fraction of sp³-hybridized carbons (Fsp3) is 0.350. The maximum Gasteiger partial charge on any atom is 0.224 e. The van der Waals surface area contributed by atoms with E-state index in [-0.39, 0.29) is 17.9 Å². The molecule has 1 aromatic heterocycles. The van der Waals surface area contributed by atoms with Gasteiger partial charge >= 0.3 is 0 Å². The van der Waals surface area contributed by atoms with Gasteiger partial charge in [-0.05, 0) is 30.2 Å². The number of pyridine rings is 1. The van der Waals surface area contributed by atoms with E-state index in [1.807, 2.05) is 49.4 Å². The Morgan fingerprint density at radius 2 is 1.72 bits per heavy atom. The minimum atomic E-state index is -0.0320. The standard InChI is InChI=1S/C20H25N3O2/c1-16(19-9-12-21-13-10-19)22(3)20(25)11-14-23(17(2)24)15-18-7-5-4-6-8-18/h4-10,12-13,16H,11,14-15H2,1-3H3/t16-/m1/s1. The van der Waals surface area contributed by atoms with E-state index in [0.29, 0.717) is 19.5 Å². The lowest BCUT2D eigenvalue weighted by Gasteiger charge is -2.27. The second kappa shape index (κ2) is 8.97. The molecule has 0 aliphatic rings. The SMILES string of the molecule is CC(=O)N(CCC(=O)N(C)[C@H](C)c1ccncc1)Cc1ccccc1. The van der Waals surface area contributed by atoms with Crippen molar-refractivity contribution in [2.75, 3.05) is 13.6 Å². The average molecular weight is 339 g/mol. The van der Waals surface area contributed by atoms with Crippen molar-refractivity contribution in [3.05, 3.63) is 66.0 Å². The highest BCUT2D eigenvalue weighted by Gasteiger charge is 2.19. The monoisotopic (exact) mass is 339 g/mol. The number of rotatable bonds is 7.